The van der Waals surface area contributed by atoms with Crippen LogP contribution in [0.5, 0.6) is 0 Å². The number of hydrogen-bond donors (Lipinski definition) is 4. The van der Waals surface area contributed by atoms with Crippen LogP contribution < -0.4 is 16.4 Å². The van der Waals surface area contributed by atoms with Crippen molar-refractivity contribution in [3.05, 3.63) is 71.9 Å². The fraction of sp³-hybridized carbons (Fsp3) is 0.648. The number of hydrogen-bond acceptors (Lipinski definition) is 10. The van der Waals surface area contributed by atoms with Gasteiger partial charge in [0.1, 0.15) is 12.1 Å². The molecule has 16 nitrogen and oxygen atoms in total. The average molecular weight is 973 g/mol. The Balaban J connectivity index is 1.28. The minimum atomic E-state index is -0.901. The lowest BCUT2D eigenvalue weighted by Crippen LogP contribution is -2.60. The van der Waals surface area contributed by atoms with Crippen molar-refractivity contribution < 1.29 is 38.3 Å². The summed E-state index contributed by atoms with van der Waals surface area (Å²) in [7, 11) is 6.75. The second-order valence-corrected chi connectivity index (χ2v) is 20.5. The van der Waals surface area contributed by atoms with E-state index in [1.807, 2.05) is 114 Å². The van der Waals surface area contributed by atoms with Crippen LogP contribution in [0.25, 0.3) is 10.9 Å². The van der Waals surface area contributed by atoms with Crippen molar-refractivity contribution in [2.24, 2.45) is 29.4 Å². The van der Waals surface area contributed by atoms with Crippen LogP contribution in [0, 0.1) is 23.7 Å². The summed E-state index contributed by atoms with van der Waals surface area (Å²) in [6, 6.07) is 14.5. The number of amides is 5. The Kier molecular flexibility index (Phi) is 21.3. The lowest BCUT2D eigenvalue weighted by molar-refractivity contribution is -0.199. The first-order valence-electron chi connectivity index (χ1n) is 25.6. The van der Waals surface area contributed by atoms with Gasteiger partial charge in [0.2, 0.25) is 23.6 Å². The summed E-state index contributed by atoms with van der Waals surface area (Å²) >= 11 is 0. The molecule has 2 aliphatic heterocycles. The van der Waals surface area contributed by atoms with Crippen LogP contribution in [0.4, 0.5) is 0 Å². The Morgan fingerprint density at radius 2 is 1.56 bits per heavy atom. The zero-order chi connectivity index (χ0) is 51.2. The van der Waals surface area contributed by atoms with E-state index >= 15 is 0 Å². The van der Waals surface area contributed by atoms with Gasteiger partial charge in [-0.1, -0.05) is 103 Å². The lowest BCUT2D eigenvalue weighted by atomic mass is 9.89. The summed E-state index contributed by atoms with van der Waals surface area (Å²) in [6.07, 6.45) is 5.12. The number of ether oxygens (including phenoxy) is 2. The third kappa shape index (κ3) is 14.2. The van der Waals surface area contributed by atoms with Gasteiger partial charge in [0, 0.05) is 70.5 Å². The molecule has 388 valence electrons. The lowest BCUT2D eigenvalue weighted by Gasteiger charge is -2.41. The number of likely N-dealkylation sites (N-methyl/N-ethyl adjacent to an activating group) is 2. The van der Waals surface area contributed by atoms with Crippen molar-refractivity contribution in [1.29, 1.82) is 0 Å². The van der Waals surface area contributed by atoms with Gasteiger partial charge in [-0.3, -0.25) is 33.7 Å². The standard InChI is InChI=1S/C54H84N8O8/c1-12-36(6)49(60(9)54(67)47(34(2)3)58-52(65)48(35(4)5)59(8)33-40(55)29-38-21-14-13-15-22-38)45(68-10)31-46(63)61-26-20-25-44(61)50(69-11)37(7)51(64)57-43(53(66)62-27-18-19-28-70-62)30-39-32-56-42-24-17-16-23-41(39)42/h13-17,21-24,32,34-37,40,43-45,47-50,56H,12,18-20,25-31,33,55H2,1-11H3,(H,57,64)(H,58,65)/t36-,37+,40-,43-,44-,45+,47-,48-,49-,50+/m0/s1. The predicted molar refractivity (Wildman–Crippen MR) is 273 cm³/mol. The number of fused-ring (bicyclic) bond motifs is 1. The Morgan fingerprint density at radius 3 is 2.19 bits per heavy atom. The van der Waals surface area contributed by atoms with Gasteiger partial charge in [-0.25, -0.2) is 5.06 Å². The molecule has 2 aliphatic rings. The fourth-order valence-electron chi connectivity index (χ4n) is 10.7. The summed E-state index contributed by atoms with van der Waals surface area (Å²) in [5.74, 6) is -2.47. The molecule has 0 saturated carbocycles. The molecule has 10 atom stereocenters. The molecule has 2 fully saturated rings. The number of nitrogens with two attached hydrogens (primary N) is 1. The second-order valence-electron chi connectivity index (χ2n) is 20.5. The highest BCUT2D eigenvalue weighted by Crippen LogP contribution is 2.30. The van der Waals surface area contributed by atoms with Gasteiger partial charge in [0.05, 0.1) is 49.3 Å². The second kappa shape index (κ2) is 26.5. The van der Waals surface area contributed by atoms with Gasteiger partial charge in [-0.15, -0.1) is 0 Å². The maximum absolute atomic E-state index is 14.7. The monoisotopic (exact) mass is 973 g/mol. The number of methoxy groups -OCH3 is 2. The fourth-order valence-corrected chi connectivity index (χ4v) is 10.7. The number of carbonyl (C=O) groups excluding carboxylic acids is 5. The molecule has 1 aromatic heterocycles. The number of hydroxylamine groups is 2. The molecular formula is C54H84N8O8. The SMILES string of the molecule is CC[C@H](C)[C@@H]([C@@H](CC(=O)N1CCC[C@H]1[C@H](OC)[C@@H](C)C(=O)N[C@@H](Cc1c[nH]c2ccccc12)C(=O)N1CCCCO1)OC)N(C)C(=O)[C@@H](NC(=O)[C@H](C(C)C)N(C)C[C@@H](N)Cc1ccccc1)C(C)C. The Labute approximate surface area is 417 Å². The molecule has 3 aromatic rings. The molecule has 5 amide bonds. The van der Waals surface area contributed by atoms with Crippen molar-refractivity contribution in [3.8, 4) is 0 Å². The molecule has 0 bridgehead atoms. The van der Waals surface area contributed by atoms with Crippen LogP contribution in [0.1, 0.15) is 98.1 Å². The number of nitrogens with zero attached hydrogens (tertiary/aromatic N) is 4. The third-order valence-corrected chi connectivity index (χ3v) is 14.7. The molecule has 0 radical (unpaired) electrons. The van der Waals surface area contributed by atoms with E-state index < -0.39 is 48.3 Å². The first-order chi connectivity index (χ1) is 33.4. The summed E-state index contributed by atoms with van der Waals surface area (Å²) < 4.78 is 12.2. The molecule has 16 heteroatoms. The van der Waals surface area contributed by atoms with Crippen molar-refractivity contribution in [2.45, 2.75) is 148 Å². The quantitative estimate of drug-likeness (QED) is 0.0863. The predicted octanol–water partition coefficient (Wildman–Crippen LogP) is 5.34. The molecule has 5 rings (SSSR count). The van der Waals surface area contributed by atoms with Crippen LogP contribution in [0.2, 0.25) is 0 Å². The number of aromatic nitrogens is 1. The average Bonchev–Trinajstić information content (AvgIpc) is 4.00. The van der Waals surface area contributed by atoms with E-state index in [2.05, 4.69) is 15.6 Å². The number of rotatable bonds is 25. The van der Waals surface area contributed by atoms with Gasteiger partial charge >= 0.3 is 0 Å². The topological polar surface area (TPSA) is 192 Å². The van der Waals surface area contributed by atoms with E-state index in [1.165, 1.54) is 5.06 Å². The van der Waals surface area contributed by atoms with Gasteiger partial charge in [0.15, 0.2) is 0 Å². The van der Waals surface area contributed by atoms with Gasteiger partial charge in [-0.05, 0) is 74.1 Å². The number of H-pyrrole nitrogens is 1. The molecule has 0 unspecified atom stereocenters. The molecule has 70 heavy (non-hydrogen) atoms. The van der Waals surface area contributed by atoms with Crippen molar-refractivity contribution in [1.82, 2.24) is 35.4 Å². The van der Waals surface area contributed by atoms with Crippen LogP contribution in [0.15, 0.2) is 60.8 Å². The molecule has 0 spiro atoms. The van der Waals surface area contributed by atoms with Crippen molar-refractivity contribution >= 4 is 40.4 Å². The number of aromatic amines is 1. The van der Waals surface area contributed by atoms with E-state index in [4.69, 9.17) is 20.0 Å². The van der Waals surface area contributed by atoms with Crippen molar-refractivity contribution in [3.63, 3.8) is 0 Å². The van der Waals surface area contributed by atoms with Gasteiger partial charge in [0.25, 0.3) is 5.91 Å². The highest BCUT2D eigenvalue weighted by Gasteiger charge is 2.44. The van der Waals surface area contributed by atoms with Gasteiger partial charge < -0.3 is 40.6 Å². The summed E-state index contributed by atoms with van der Waals surface area (Å²) in [4.78, 5) is 86.3. The number of benzene rings is 2. The zero-order valence-corrected chi connectivity index (χ0v) is 43.8. The zero-order valence-electron chi connectivity index (χ0n) is 43.8. The minimum absolute atomic E-state index is 0.0180. The molecule has 5 N–H and O–H groups in total. The first kappa shape index (κ1) is 56.0. The molecular weight excluding hydrogens is 889 g/mol. The van der Waals surface area contributed by atoms with Crippen LogP contribution >= 0.6 is 0 Å². The Morgan fingerprint density at radius 1 is 0.857 bits per heavy atom. The number of likely N-dealkylation sites (tertiary alicyclic amines) is 1. The number of para-hydroxylation sites is 1. The van der Waals surface area contributed by atoms with Crippen LogP contribution in [-0.4, -0.2) is 157 Å². The molecule has 2 aromatic carbocycles. The summed E-state index contributed by atoms with van der Waals surface area (Å²) in [5, 5.41) is 8.53. The Hall–Kier alpha value is -4.87. The van der Waals surface area contributed by atoms with Crippen LogP contribution in [0.3, 0.4) is 0 Å². The summed E-state index contributed by atoms with van der Waals surface area (Å²) in [5.41, 5.74) is 9.56. The van der Waals surface area contributed by atoms with E-state index in [-0.39, 0.29) is 66.2 Å². The normalized spacial score (nSPS) is 19.3. The first-order valence-corrected chi connectivity index (χ1v) is 25.6. The highest BCUT2D eigenvalue weighted by molar-refractivity contribution is 5.91. The van der Waals surface area contributed by atoms with Gasteiger partial charge in [-0.2, -0.15) is 0 Å². The third-order valence-electron chi connectivity index (χ3n) is 14.7. The highest BCUT2D eigenvalue weighted by atomic mass is 16.7. The maximum Gasteiger partial charge on any atom is 0.269 e. The van der Waals surface area contributed by atoms with E-state index in [1.54, 1.807) is 38.0 Å². The van der Waals surface area contributed by atoms with Crippen LogP contribution in [-0.2, 0) is 51.1 Å². The summed E-state index contributed by atoms with van der Waals surface area (Å²) in [6.45, 7) is 15.5. The van der Waals surface area contributed by atoms with Crippen molar-refractivity contribution in [2.75, 3.05) is 54.6 Å². The molecule has 2 saturated heterocycles. The van der Waals surface area contributed by atoms with E-state index in [9.17, 15) is 24.0 Å². The number of carbonyl (C=O) groups is 5. The maximum atomic E-state index is 14.7. The number of nitrogens with one attached hydrogen (secondary N) is 3. The minimum Gasteiger partial charge on any atom is -0.379 e. The Bertz CT molecular complexity index is 2150. The molecule has 0 aliphatic carbocycles. The van der Waals surface area contributed by atoms with E-state index in [0.717, 1.165) is 34.9 Å². The van der Waals surface area contributed by atoms with E-state index in [0.29, 0.717) is 51.9 Å². The molecule has 3 heterocycles. The smallest absolute Gasteiger partial charge is 0.269 e. The largest absolute Gasteiger partial charge is 0.379 e.